The Kier molecular flexibility index (Phi) is 13.4. The van der Waals surface area contributed by atoms with E-state index in [1.54, 1.807) is 39.8 Å². The summed E-state index contributed by atoms with van der Waals surface area (Å²) in [6.07, 6.45) is 7.32. The van der Waals surface area contributed by atoms with Crippen molar-refractivity contribution < 1.29 is 26.4 Å². The molecule has 1 aliphatic carbocycles. The van der Waals surface area contributed by atoms with Crippen molar-refractivity contribution in [1.82, 2.24) is 8.61 Å². The number of esters is 1. The second-order valence-electron chi connectivity index (χ2n) is 16.9. The molecular weight excluding hydrogens is 811 g/mol. The Bertz CT molecular complexity index is 1820. The van der Waals surface area contributed by atoms with Crippen molar-refractivity contribution in [2.24, 2.45) is 16.7 Å². The Morgan fingerprint density at radius 3 is 1.72 bits per heavy atom. The average molecular weight is 876 g/mol. The van der Waals surface area contributed by atoms with E-state index in [4.69, 9.17) is 4.74 Å². The zero-order chi connectivity index (χ0) is 38.8. The number of rotatable bonds is 17. The minimum atomic E-state index is -4.07. The molecule has 53 heavy (non-hydrogen) atoms. The van der Waals surface area contributed by atoms with Gasteiger partial charge in [0.05, 0.1) is 0 Å². The third-order valence-electron chi connectivity index (χ3n) is 12.7. The molecular formula is C42H64N2O6S2Sn. The number of ether oxygens (including phenoxy) is 1. The number of benzene rings is 2. The molecule has 0 N–H and O–H groups in total. The molecule has 3 aliphatic rings. The fourth-order valence-corrected chi connectivity index (χ4v) is 29.1. The van der Waals surface area contributed by atoms with Gasteiger partial charge in [-0.15, -0.1) is 0 Å². The van der Waals surface area contributed by atoms with Gasteiger partial charge in [0.1, 0.15) is 0 Å². The third kappa shape index (κ3) is 8.23. The molecule has 2 aliphatic heterocycles. The van der Waals surface area contributed by atoms with Gasteiger partial charge in [-0.3, -0.25) is 0 Å². The summed E-state index contributed by atoms with van der Waals surface area (Å²) in [6.45, 7) is 17.3. The second kappa shape index (κ2) is 16.8. The number of hydrogen-bond acceptors (Lipinski definition) is 6. The standard InChI is InChI=1S/C30H37N2O6S2.3C4H9.Sn/c1-7-38-27(33)16-25-28-29(5,6)17-26-30(28,19-32(25)40(36,37)24-14-10-21(3)11-15-24)22(4)18-31(26)39(34,35)23-12-8-20(2)9-13-23;3*1-3-4-2;/h4,8-15,25-26,28H,7,16-19H2,1-3,5-6H3;3*1,3-4H2,2H3;/t25-,26-,28-,30-;;;;/m0..../s1. The molecule has 2 aromatic rings. The molecule has 2 aromatic carbocycles. The molecule has 4 atom stereocenters. The van der Waals surface area contributed by atoms with Crippen LogP contribution in [0.1, 0.15) is 104 Å². The van der Waals surface area contributed by atoms with E-state index in [-0.39, 0.29) is 41.8 Å². The Hall–Kier alpha value is -1.73. The van der Waals surface area contributed by atoms with Gasteiger partial charge in [-0.2, -0.15) is 0 Å². The summed E-state index contributed by atoms with van der Waals surface area (Å²) < 4.78 is 74.8. The summed E-state index contributed by atoms with van der Waals surface area (Å²) in [4.78, 5) is 13.9. The van der Waals surface area contributed by atoms with Crippen LogP contribution in [-0.4, -0.2) is 81.6 Å². The normalized spacial score (nSPS) is 25.5. The molecule has 294 valence electrons. The number of nitrogens with zero attached hydrogens (tertiary/aromatic N) is 2. The molecule has 3 fully saturated rings. The molecule has 11 heteroatoms. The molecule has 2 saturated heterocycles. The zero-order valence-corrected chi connectivity index (χ0v) is 38.0. The molecule has 0 aromatic heterocycles. The molecule has 8 nitrogen and oxygen atoms in total. The summed E-state index contributed by atoms with van der Waals surface area (Å²) >= 11 is -3.13. The van der Waals surface area contributed by atoms with Crippen LogP contribution >= 0.6 is 0 Å². The Balaban J connectivity index is 1.80. The summed E-state index contributed by atoms with van der Waals surface area (Å²) in [5.41, 5.74) is 1.82. The van der Waals surface area contributed by atoms with Crippen molar-refractivity contribution in [2.45, 2.75) is 142 Å². The predicted molar refractivity (Wildman–Crippen MR) is 216 cm³/mol. The Labute approximate surface area is 325 Å². The number of aryl methyl sites for hydroxylation is 2. The molecule has 0 amide bonds. The molecule has 0 unspecified atom stereocenters. The first-order chi connectivity index (χ1) is 25.0. The third-order valence-corrected chi connectivity index (χ3v) is 30.7. The van der Waals surface area contributed by atoms with Crippen LogP contribution in [0.3, 0.4) is 0 Å². The van der Waals surface area contributed by atoms with Gasteiger partial charge in [0, 0.05) is 0 Å². The van der Waals surface area contributed by atoms with Gasteiger partial charge >= 0.3 is 327 Å². The first-order valence-electron chi connectivity index (χ1n) is 20.1. The van der Waals surface area contributed by atoms with Crippen LogP contribution in [0, 0.1) is 30.6 Å². The first kappa shape index (κ1) is 42.4. The second-order valence-corrected chi connectivity index (χ2v) is 33.5. The Morgan fingerprint density at radius 1 is 0.792 bits per heavy atom. The number of carbonyl (C=O) groups is 1. The number of unbranched alkanes of at least 4 members (excludes halogenated alkanes) is 3. The van der Waals surface area contributed by atoms with Gasteiger partial charge in [0.25, 0.3) is 0 Å². The van der Waals surface area contributed by atoms with Crippen molar-refractivity contribution in [3.8, 4) is 0 Å². The van der Waals surface area contributed by atoms with Crippen LogP contribution in [0.5, 0.6) is 0 Å². The fourth-order valence-electron chi connectivity index (χ4n) is 10.2. The molecule has 5 rings (SSSR count). The maximum absolute atomic E-state index is 14.9. The van der Waals surface area contributed by atoms with Gasteiger partial charge in [0.15, 0.2) is 0 Å². The first-order valence-corrected chi connectivity index (χ1v) is 30.7. The molecule has 1 spiro atoms. The van der Waals surface area contributed by atoms with Crippen LogP contribution in [0.4, 0.5) is 0 Å². The maximum atomic E-state index is 14.9. The van der Waals surface area contributed by atoms with E-state index in [0.717, 1.165) is 55.2 Å². The van der Waals surface area contributed by atoms with Crippen LogP contribution in [0.25, 0.3) is 0 Å². The Morgan fingerprint density at radius 2 is 1.26 bits per heavy atom. The van der Waals surface area contributed by atoms with Gasteiger partial charge in [-0.1, -0.05) is 0 Å². The van der Waals surface area contributed by atoms with Crippen molar-refractivity contribution in [3.05, 3.63) is 69.3 Å². The molecule has 2 heterocycles. The quantitative estimate of drug-likeness (QED) is 0.116. The van der Waals surface area contributed by atoms with Gasteiger partial charge in [-0.25, -0.2) is 0 Å². The van der Waals surface area contributed by atoms with Crippen LogP contribution in [0.2, 0.25) is 13.3 Å². The zero-order valence-electron chi connectivity index (χ0n) is 33.5. The van der Waals surface area contributed by atoms with E-state index >= 15 is 0 Å². The topological polar surface area (TPSA) is 101 Å². The summed E-state index contributed by atoms with van der Waals surface area (Å²) in [7, 11) is -8.02. The van der Waals surface area contributed by atoms with E-state index in [0.29, 0.717) is 6.42 Å². The SMILES string of the molecule is CCC[CH2][Sn]([CH]=C1CN(S(=O)(=O)c2ccc(C)cc2)[C@H]2CC(C)(C)[C@@H]3[C@H](CC(=O)OCC)N(S(=O)(=O)c4ccc(C)cc4)C[C@]123)([CH2]CCC)[CH2]CCC. The molecule has 0 radical (unpaired) electrons. The van der Waals surface area contributed by atoms with Crippen molar-refractivity contribution in [2.75, 3.05) is 19.7 Å². The fraction of sp³-hybridized carbons (Fsp3) is 0.643. The van der Waals surface area contributed by atoms with E-state index in [1.165, 1.54) is 13.3 Å². The number of hydrogen-bond donors (Lipinski definition) is 0. The van der Waals surface area contributed by atoms with E-state index in [9.17, 15) is 21.6 Å². The number of carbonyl (C=O) groups excluding carboxylic acids is 1. The van der Waals surface area contributed by atoms with E-state index < -0.39 is 67.3 Å². The minimum absolute atomic E-state index is 0.0740. The molecule has 0 bridgehead atoms. The average Bonchev–Trinajstić information content (AvgIpc) is 3.69. The van der Waals surface area contributed by atoms with Crippen molar-refractivity contribution in [1.29, 1.82) is 0 Å². The number of sulfonamides is 2. The van der Waals surface area contributed by atoms with Gasteiger partial charge in [-0.05, 0) is 0 Å². The summed E-state index contributed by atoms with van der Waals surface area (Å²) in [5, 5.41) is 0. The van der Waals surface area contributed by atoms with Crippen molar-refractivity contribution in [3.63, 3.8) is 0 Å². The van der Waals surface area contributed by atoms with Crippen LogP contribution in [-0.2, 0) is 29.6 Å². The van der Waals surface area contributed by atoms with Crippen LogP contribution < -0.4 is 0 Å². The summed E-state index contributed by atoms with van der Waals surface area (Å²) in [5.74, 6) is -0.713. The van der Waals surface area contributed by atoms with Gasteiger partial charge < -0.3 is 0 Å². The molecule has 1 saturated carbocycles. The predicted octanol–water partition coefficient (Wildman–Crippen LogP) is 9.05. The van der Waals surface area contributed by atoms with E-state index in [2.05, 4.69) is 38.7 Å². The summed E-state index contributed by atoms with van der Waals surface area (Å²) in [6, 6.07) is 12.9. The van der Waals surface area contributed by atoms with Gasteiger partial charge in [0.2, 0.25) is 0 Å². The van der Waals surface area contributed by atoms with E-state index in [1.807, 2.05) is 38.1 Å². The van der Waals surface area contributed by atoms with Crippen LogP contribution in [0.15, 0.2) is 68.0 Å². The monoisotopic (exact) mass is 876 g/mol. The van der Waals surface area contributed by atoms with Crippen molar-refractivity contribution >= 4 is 44.4 Å².